The fraction of sp³-hybridized carbons (Fsp3) is 0.222. The normalized spacial score (nSPS) is 11.7. The zero-order valence-corrected chi connectivity index (χ0v) is 12.9. The van der Waals surface area contributed by atoms with Crippen molar-refractivity contribution in [2.24, 2.45) is 5.73 Å². The number of carbonyl (C=O) groups excluding carboxylic acids is 2. The summed E-state index contributed by atoms with van der Waals surface area (Å²) in [4.78, 5) is 23.8. The molecule has 0 spiro atoms. The van der Waals surface area contributed by atoms with E-state index < -0.39 is 12.1 Å². The van der Waals surface area contributed by atoms with E-state index in [1.54, 1.807) is 48.5 Å². The fourth-order valence-corrected chi connectivity index (χ4v) is 2.17. The van der Waals surface area contributed by atoms with Gasteiger partial charge in [-0.25, -0.2) is 0 Å². The van der Waals surface area contributed by atoms with Gasteiger partial charge in [-0.05, 0) is 17.7 Å². The van der Waals surface area contributed by atoms with Crippen molar-refractivity contribution in [3.63, 3.8) is 0 Å². The smallest absolute Gasteiger partial charge is 0.308 e. The van der Waals surface area contributed by atoms with Crippen LogP contribution >= 0.6 is 0 Å². The number of Topliss-reactive ketones (excluding diaryl/α,β-unsaturated/α-hetero) is 1. The predicted octanol–water partition coefficient (Wildman–Crippen LogP) is 2.51. The first-order valence-corrected chi connectivity index (χ1v) is 7.31. The van der Waals surface area contributed by atoms with Crippen LogP contribution in [0.5, 0.6) is 5.75 Å². The van der Waals surface area contributed by atoms with Crippen LogP contribution in [-0.4, -0.2) is 24.9 Å². The minimum absolute atomic E-state index is 0.168. The average Bonchev–Trinajstić information content (AvgIpc) is 2.55. The molecular formula is C18H19NO4. The number of ether oxygens (including phenoxy) is 2. The van der Waals surface area contributed by atoms with Crippen molar-refractivity contribution in [2.75, 3.05) is 13.2 Å². The minimum Gasteiger partial charge on any atom is -0.427 e. The zero-order chi connectivity index (χ0) is 16.7. The number of hydrogen-bond donors (Lipinski definition) is 1. The van der Waals surface area contributed by atoms with Gasteiger partial charge in [-0.1, -0.05) is 42.5 Å². The molecule has 0 saturated heterocycles. The van der Waals surface area contributed by atoms with E-state index in [4.69, 9.17) is 15.2 Å². The predicted molar refractivity (Wildman–Crippen MR) is 86.3 cm³/mol. The zero-order valence-electron chi connectivity index (χ0n) is 12.9. The van der Waals surface area contributed by atoms with Crippen molar-refractivity contribution in [1.82, 2.24) is 0 Å². The van der Waals surface area contributed by atoms with Gasteiger partial charge < -0.3 is 15.2 Å². The highest BCUT2D eigenvalue weighted by molar-refractivity contribution is 6.00. The number of hydrogen-bond acceptors (Lipinski definition) is 5. The Kier molecular flexibility index (Phi) is 6.02. The van der Waals surface area contributed by atoms with Gasteiger partial charge in [0, 0.05) is 19.0 Å². The third-order valence-corrected chi connectivity index (χ3v) is 3.12. The van der Waals surface area contributed by atoms with E-state index in [0.717, 1.165) is 0 Å². The van der Waals surface area contributed by atoms with Crippen LogP contribution < -0.4 is 10.5 Å². The Hall–Kier alpha value is -2.50. The number of rotatable bonds is 7. The highest BCUT2D eigenvalue weighted by Crippen LogP contribution is 2.25. The van der Waals surface area contributed by atoms with E-state index in [2.05, 4.69) is 0 Å². The Labute approximate surface area is 135 Å². The standard InChI is InChI=1S/C18H19NO4/c1-13(20)23-16-9-5-8-15(12-16)18(22-11-10-19)17(21)14-6-3-2-4-7-14/h2-9,12,18H,10-11,19H2,1H3. The first-order chi connectivity index (χ1) is 11.1. The number of nitrogens with two attached hydrogens (primary N) is 1. The van der Waals surface area contributed by atoms with Crippen molar-refractivity contribution in [3.8, 4) is 5.75 Å². The molecule has 0 saturated carbocycles. The molecule has 2 N–H and O–H groups in total. The molecule has 1 unspecified atom stereocenters. The van der Waals surface area contributed by atoms with E-state index in [9.17, 15) is 9.59 Å². The lowest BCUT2D eigenvalue weighted by Gasteiger charge is -2.17. The Balaban J connectivity index is 2.31. The summed E-state index contributed by atoms with van der Waals surface area (Å²) in [6.07, 6.45) is -0.795. The summed E-state index contributed by atoms with van der Waals surface area (Å²) in [5, 5.41) is 0. The summed E-state index contributed by atoms with van der Waals surface area (Å²) in [7, 11) is 0. The topological polar surface area (TPSA) is 78.6 Å². The summed E-state index contributed by atoms with van der Waals surface area (Å²) in [5.41, 5.74) is 6.65. The van der Waals surface area contributed by atoms with Crippen LogP contribution in [0.25, 0.3) is 0 Å². The average molecular weight is 313 g/mol. The maximum Gasteiger partial charge on any atom is 0.308 e. The van der Waals surface area contributed by atoms with Gasteiger partial charge in [0.1, 0.15) is 11.9 Å². The van der Waals surface area contributed by atoms with Crippen molar-refractivity contribution >= 4 is 11.8 Å². The molecule has 0 aliphatic heterocycles. The van der Waals surface area contributed by atoms with E-state index in [-0.39, 0.29) is 12.4 Å². The highest BCUT2D eigenvalue weighted by atomic mass is 16.5. The highest BCUT2D eigenvalue weighted by Gasteiger charge is 2.23. The summed E-state index contributed by atoms with van der Waals surface area (Å²) < 4.78 is 10.7. The molecule has 23 heavy (non-hydrogen) atoms. The number of benzene rings is 2. The maximum absolute atomic E-state index is 12.7. The van der Waals surface area contributed by atoms with Gasteiger partial charge in [0.05, 0.1) is 6.61 Å². The van der Waals surface area contributed by atoms with Crippen molar-refractivity contribution in [2.45, 2.75) is 13.0 Å². The Morgan fingerprint density at radius 3 is 2.48 bits per heavy atom. The van der Waals surface area contributed by atoms with Crippen molar-refractivity contribution < 1.29 is 19.1 Å². The lowest BCUT2D eigenvalue weighted by atomic mass is 9.99. The fourth-order valence-electron chi connectivity index (χ4n) is 2.17. The Morgan fingerprint density at radius 2 is 1.83 bits per heavy atom. The van der Waals surface area contributed by atoms with Gasteiger partial charge in [0.2, 0.25) is 0 Å². The van der Waals surface area contributed by atoms with Crippen LogP contribution in [0.1, 0.15) is 28.9 Å². The SMILES string of the molecule is CC(=O)Oc1cccc(C(OCCN)C(=O)c2ccccc2)c1. The van der Waals surface area contributed by atoms with E-state index in [1.165, 1.54) is 6.92 Å². The summed E-state index contributed by atoms with van der Waals surface area (Å²) >= 11 is 0. The summed E-state index contributed by atoms with van der Waals surface area (Å²) in [5.74, 6) is -0.216. The van der Waals surface area contributed by atoms with Gasteiger partial charge in [-0.15, -0.1) is 0 Å². The van der Waals surface area contributed by atoms with Gasteiger partial charge in [-0.3, -0.25) is 9.59 Å². The summed E-state index contributed by atoms with van der Waals surface area (Å²) in [6, 6.07) is 15.6. The van der Waals surface area contributed by atoms with Crippen LogP contribution in [-0.2, 0) is 9.53 Å². The molecule has 1 atom stereocenters. The Bertz CT molecular complexity index is 670. The minimum atomic E-state index is -0.795. The lowest BCUT2D eigenvalue weighted by molar-refractivity contribution is -0.131. The third kappa shape index (κ3) is 4.74. The lowest BCUT2D eigenvalue weighted by Crippen LogP contribution is -2.20. The van der Waals surface area contributed by atoms with Crippen LogP contribution in [0, 0.1) is 0 Å². The van der Waals surface area contributed by atoms with Gasteiger partial charge in [0.25, 0.3) is 0 Å². The molecule has 0 aliphatic rings. The van der Waals surface area contributed by atoms with E-state index >= 15 is 0 Å². The largest absolute Gasteiger partial charge is 0.427 e. The molecule has 0 bridgehead atoms. The third-order valence-electron chi connectivity index (χ3n) is 3.12. The molecule has 2 aromatic carbocycles. The molecule has 5 heteroatoms. The van der Waals surface area contributed by atoms with Crippen LogP contribution in [0.15, 0.2) is 54.6 Å². The van der Waals surface area contributed by atoms with Gasteiger partial charge in [-0.2, -0.15) is 0 Å². The van der Waals surface area contributed by atoms with Crippen LogP contribution in [0.3, 0.4) is 0 Å². The summed E-state index contributed by atoms with van der Waals surface area (Å²) in [6.45, 7) is 1.88. The molecule has 2 aromatic rings. The molecular weight excluding hydrogens is 294 g/mol. The maximum atomic E-state index is 12.7. The Morgan fingerprint density at radius 1 is 1.09 bits per heavy atom. The first-order valence-electron chi connectivity index (χ1n) is 7.31. The second kappa shape index (κ2) is 8.22. The number of carbonyl (C=O) groups is 2. The molecule has 0 heterocycles. The van der Waals surface area contributed by atoms with Crippen LogP contribution in [0.2, 0.25) is 0 Å². The number of ketones is 1. The number of esters is 1. The van der Waals surface area contributed by atoms with Crippen LogP contribution in [0.4, 0.5) is 0 Å². The molecule has 0 radical (unpaired) electrons. The van der Waals surface area contributed by atoms with Gasteiger partial charge >= 0.3 is 5.97 Å². The first kappa shape index (κ1) is 16.9. The van der Waals surface area contributed by atoms with Gasteiger partial charge in [0.15, 0.2) is 5.78 Å². The molecule has 5 nitrogen and oxygen atoms in total. The van der Waals surface area contributed by atoms with E-state index in [1.807, 2.05) is 6.07 Å². The van der Waals surface area contributed by atoms with Crippen molar-refractivity contribution in [3.05, 3.63) is 65.7 Å². The second-order valence-corrected chi connectivity index (χ2v) is 4.94. The quantitative estimate of drug-likeness (QED) is 0.483. The molecule has 120 valence electrons. The second-order valence-electron chi connectivity index (χ2n) is 4.94. The molecule has 0 aromatic heterocycles. The monoisotopic (exact) mass is 313 g/mol. The molecule has 2 rings (SSSR count). The molecule has 0 fully saturated rings. The van der Waals surface area contributed by atoms with Crippen molar-refractivity contribution in [1.29, 1.82) is 0 Å². The van der Waals surface area contributed by atoms with E-state index in [0.29, 0.717) is 23.4 Å². The molecule has 0 amide bonds. The molecule has 0 aliphatic carbocycles.